The summed E-state index contributed by atoms with van der Waals surface area (Å²) in [4.78, 5) is 25.7. The first-order valence-electron chi connectivity index (χ1n) is 8.61. The average Bonchev–Trinajstić information content (AvgIpc) is 2.62. The zero-order chi connectivity index (χ0) is 20.2. The molecule has 0 atom stereocenters. The van der Waals surface area contributed by atoms with Gasteiger partial charge in [0.2, 0.25) is 10.0 Å². The topological polar surface area (TPSA) is 96.0 Å². The lowest BCUT2D eigenvalue weighted by atomic mass is 10.0. The molecule has 0 radical (unpaired) electrons. The maximum absolute atomic E-state index is 12.5. The van der Waals surface area contributed by atoms with E-state index in [4.69, 9.17) is 16.3 Å². The Morgan fingerprint density at radius 2 is 1.93 bits per heavy atom. The highest BCUT2D eigenvalue weighted by atomic mass is 35.5. The maximum atomic E-state index is 12.5. The summed E-state index contributed by atoms with van der Waals surface area (Å²) in [6, 6.07) is 4.06. The van der Waals surface area contributed by atoms with Crippen molar-refractivity contribution in [1.82, 2.24) is 14.5 Å². The van der Waals surface area contributed by atoms with Crippen molar-refractivity contribution in [2.75, 3.05) is 33.8 Å². The van der Waals surface area contributed by atoms with Gasteiger partial charge in [0.1, 0.15) is 4.90 Å². The van der Waals surface area contributed by atoms with Gasteiger partial charge in [-0.25, -0.2) is 17.5 Å². The van der Waals surface area contributed by atoms with Gasteiger partial charge in [0.05, 0.1) is 11.6 Å². The lowest BCUT2D eigenvalue weighted by molar-refractivity contribution is 0.0860. The van der Waals surface area contributed by atoms with Crippen LogP contribution >= 0.6 is 11.6 Å². The van der Waals surface area contributed by atoms with Crippen molar-refractivity contribution in [3.8, 4) is 0 Å². The smallest absolute Gasteiger partial charge is 0.409 e. The van der Waals surface area contributed by atoms with Crippen molar-refractivity contribution in [3.63, 3.8) is 0 Å². The van der Waals surface area contributed by atoms with Gasteiger partial charge in [0, 0.05) is 38.8 Å². The van der Waals surface area contributed by atoms with E-state index in [1.54, 1.807) is 11.8 Å². The molecule has 1 saturated heterocycles. The number of carbonyl (C=O) groups is 2. The van der Waals surface area contributed by atoms with E-state index < -0.39 is 10.0 Å². The largest absolute Gasteiger partial charge is 0.450 e. The zero-order valence-corrected chi connectivity index (χ0v) is 17.1. The molecule has 1 heterocycles. The first-order valence-corrected chi connectivity index (χ1v) is 10.4. The molecule has 0 saturated carbocycles. The molecule has 0 bridgehead atoms. The molecule has 150 valence electrons. The molecule has 0 aliphatic carbocycles. The Hall–Kier alpha value is -1.84. The number of carbonyl (C=O) groups excluding carboxylic acids is 2. The molecule has 2 rings (SSSR count). The molecule has 0 unspecified atom stereocenters. The third kappa shape index (κ3) is 5.12. The fourth-order valence-electron chi connectivity index (χ4n) is 2.73. The van der Waals surface area contributed by atoms with Crippen LogP contribution in [0.5, 0.6) is 0 Å². The molecule has 1 aliphatic heterocycles. The SMILES string of the molecule is CCOC(=O)N1CCC(NC(=O)c2ccc(Cl)c(S(=O)(=O)N(C)C)c2)CC1. The molecule has 0 aromatic heterocycles. The summed E-state index contributed by atoms with van der Waals surface area (Å²) in [6.45, 7) is 3.06. The molecule has 10 heteroatoms. The first kappa shape index (κ1) is 21.5. The number of benzene rings is 1. The molecule has 1 N–H and O–H groups in total. The fourth-order valence-corrected chi connectivity index (χ4v) is 4.12. The standard InChI is InChI=1S/C17H24ClN3O5S/c1-4-26-17(23)21-9-7-13(8-10-21)19-16(22)12-5-6-14(18)15(11-12)27(24,25)20(2)3/h5-6,11,13H,4,7-10H2,1-3H3,(H,19,22). The van der Waals surface area contributed by atoms with Gasteiger partial charge in [-0.3, -0.25) is 4.79 Å². The summed E-state index contributed by atoms with van der Waals surface area (Å²) < 4.78 is 30.7. The Morgan fingerprint density at radius 3 is 2.48 bits per heavy atom. The Labute approximate surface area is 164 Å². The lowest BCUT2D eigenvalue weighted by Gasteiger charge is -2.31. The quantitative estimate of drug-likeness (QED) is 0.789. The summed E-state index contributed by atoms with van der Waals surface area (Å²) in [5.41, 5.74) is 0.215. The Balaban J connectivity index is 2.04. The molecule has 1 aromatic rings. The van der Waals surface area contributed by atoms with Crippen LogP contribution in [0.3, 0.4) is 0 Å². The van der Waals surface area contributed by atoms with Gasteiger partial charge >= 0.3 is 6.09 Å². The van der Waals surface area contributed by atoms with E-state index in [-0.39, 0.29) is 33.5 Å². The number of piperidine rings is 1. The summed E-state index contributed by atoms with van der Waals surface area (Å²) in [7, 11) is -0.959. The number of hydrogen-bond acceptors (Lipinski definition) is 5. The third-order valence-corrected chi connectivity index (χ3v) is 6.60. The van der Waals surface area contributed by atoms with Crippen LogP contribution in [0.25, 0.3) is 0 Å². The summed E-state index contributed by atoms with van der Waals surface area (Å²) in [5, 5.41) is 2.94. The molecule has 1 aromatic carbocycles. The van der Waals surface area contributed by atoms with Crippen molar-refractivity contribution in [2.24, 2.45) is 0 Å². The van der Waals surface area contributed by atoms with Gasteiger partial charge in [-0.2, -0.15) is 0 Å². The van der Waals surface area contributed by atoms with E-state index in [0.717, 1.165) is 4.31 Å². The number of nitrogens with zero attached hydrogens (tertiary/aromatic N) is 2. The second-order valence-corrected chi connectivity index (χ2v) is 8.89. The monoisotopic (exact) mass is 417 g/mol. The van der Waals surface area contributed by atoms with Crippen molar-refractivity contribution < 1.29 is 22.7 Å². The van der Waals surface area contributed by atoms with Gasteiger partial charge < -0.3 is 15.0 Å². The van der Waals surface area contributed by atoms with Gasteiger partial charge in [0.15, 0.2) is 0 Å². The van der Waals surface area contributed by atoms with Crippen molar-refractivity contribution in [3.05, 3.63) is 28.8 Å². The van der Waals surface area contributed by atoms with E-state index in [2.05, 4.69) is 5.32 Å². The van der Waals surface area contributed by atoms with E-state index in [9.17, 15) is 18.0 Å². The zero-order valence-electron chi connectivity index (χ0n) is 15.6. The van der Waals surface area contributed by atoms with Crippen LogP contribution in [0, 0.1) is 0 Å². The average molecular weight is 418 g/mol. The summed E-state index contributed by atoms with van der Waals surface area (Å²) in [5.74, 6) is -0.378. The highest BCUT2D eigenvalue weighted by Gasteiger charge is 2.26. The fraction of sp³-hybridized carbons (Fsp3) is 0.529. The Bertz CT molecular complexity index is 805. The maximum Gasteiger partial charge on any atom is 0.409 e. The van der Waals surface area contributed by atoms with Gasteiger partial charge in [-0.15, -0.1) is 0 Å². The predicted molar refractivity (Wildman–Crippen MR) is 101 cm³/mol. The van der Waals surface area contributed by atoms with Crippen LogP contribution in [0.2, 0.25) is 5.02 Å². The van der Waals surface area contributed by atoms with Crippen LogP contribution < -0.4 is 5.32 Å². The van der Waals surface area contributed by atoms with E-state index in [1.165, 1.54) is 32.3 Å². The summed E-state index contributed by atoms with van der Waals surface area (Å²) >= 11 is 6.01. The number of hydrogen-bond donors (Lipinski definition) is 1. The van der Waals surface area contributed by atoms with Gasteiger partial charge in [-0.1, -0.05) is 11.6 Å². The first-order chi connectivity index (χ1) is 12.7. The molecule has 8 nitrogen and oxygen atoms in total. The Morgan fingerprint density at radius 1 is 1.30 bits per heavy atom. The molecule has 1 aliphatic rings. The third-order valence-electron chi connectivity index (χ3n) is 4.31. The predicted octanol–water partition coefficient (Wildman–Crippen LogP) is 1.94. The molecule has 27 heavy (non-hydrogen) atoms. The minimum absolute atomic E-state index is 0.0583. The van der Waals surface area contributed by atoms with Crippen molar-refractivity contribution in [2.45, 2.75) is 30.7 Å². The van der Waals surface area contributed by atoms with Crippen LogP contribution in [0.15, 0.2) is 23.1 Å². The molecule has 2 amide bonds. The minimum Gasteiger partial charge on any atom is -0.450 e. The minimum atomic E-state index is -3.76. The van der Waals surface area contributed by atoms with Crippen molar-refractivity contribution in [1.29, 1.82) is 0 Å². The Kier molecular flexibility index (Phi) is 7.07. The number of nitrogens with one attached hydrogen (secondary N) is 1. The number of rotatable bonds is 5. The molecule has 0 spiro atoms. The highest BCUT2D eigenvalue weighted by Crippen LogP contribution is 2.25. The number of amides is 2. The lowest BCUT2D eigenvalue weighted by Crippen LogP contribution is -2.46. The van der Waals surface area contributed by atoms with Crippen LogP contribution in [-0.2, 0) is 14.8 Å². The van der Waals surface area contributed by atoms with Gasteiger partial charge in [0.25, 0.3) is 5.91 Å². The molecular weight excluding hydrogens is 394 g/mol. The number of ether oxygens (including phenoxy) is 1. The second kappa shape index (κ2) is 8.90. The normalized spacial score (nSPS) is 15.7. The number of likely N-dealkylation sites (tertiary alicyclic amines) is 1. The van der Waals surface area contributed by atoms with Crippen LogP contribution in [-0.4, -0.2) is 69.5 Å². The number of halogens is 1. The van der Waals surface area contributed by atoms with E-state index >= 15 is 0 Å². The van der Waals surface area contributed by atoms with Gasteiger partial charge in [-0.05, 0) is 38.0 Å². The van der Waals surface area contributed by atoms with Crippen LogP contribution in [0.1, 0.15) is 30.1 Å². The molecule has 1 fully saturated rings. The number of sulfonamides is 1. The van der Waals surface area contributed by atoms with E-state index in [1.807, 2.05) is 0 Å². The highest BCUT2D eigenvalue weighted by molar-refractivity contribution is 7.89. The molecular formula is C17H24ClN3O5S. The van der Waals surface area contributed by atoms with Crippen molar-refractivity contribution >= 4 is 33.6 Å². The second-order valence-electron chi connectivity index (χ2n) is 6.37. The van der Waals surface area contributed by atoms with E-state index in [0.29, 0.717) is 32.5 Å². The van der Waals surface area contributed by atoms with Crippen LogP contribution in [0.4, 0.5) is 4.79 Å². The summed E-state index contributed by atoms with van der Waals surface area (Å²) in [6.07, 6.45) is 0.848.